The monoisotopic (exact) mass is 472 g/mol. The molecule has 1 aromatic rings. The van der Waals surface area contributed by atoms with Gasteiger partial charge >= 0.3 is 6.09 Å². The summed E-state index contributed by atoms with van der Waals surface area (Å²) in [7, 11) is 0. The summed E-state index contributed by atoms with van der Waals surface area (Å²) in [5, 5.41) is 21.1. The summed E-state index contributed by atoms with van der Waals surface area (Å²) in [5.41, 5.74) is 4.45. The third-order valence-corrected chi connectivity index (χ3v) is 6.44. The fourth-order valence-electron chi connectivity index (χ4n) is 4.35. The largest absolute Gasteiger partial charge is 0.465 e. The van der Waals surface area contributed by atoms with E-state index in [4.69, 9.17) is 16.7 Å². The van der Waals surface area contributed by atoms with Crippen LogP contribution in [0.5, 0.6) is 0 Å². The number of carboxylic acid groups (broad SMARTS) is 1. The molecule has 2 atom stereocenters. The lowest BCUT2D eigenvalue weighted by Crippen LogP contribution is -2.42. The summed E-state index contributed by atoms with van der Waals surface area (Å²) in [4.78, 5) is 33.0. The van der Waals surface area contributed by atoms with Crippen molar-refractivity contribution in [3.05, 3.63) is 11.1 Å². The van der Waals surface area contributed by atoms with Crippen molar-refractivity contribution in [2.24, 2.45) is 17.3 Å². The van der Waals surface area contributed by atoms with Crippen LogP contribution in [-0.4, -0.2) is 57.9 Å². The molecule has 0 aromatic carbocycles. The number of amides is 2. The number of carbonyl (C=O) groups is 2. The number of hydrogen-bond acceptors (Lipinski definition) is 7. The van der Waals surface area contributed by atoms with Gasteiger partial charge in [-0.2, -0.15) is 14.4 Å². The molecule has 1 saturated carbocycles. The Bertz CT molecular complexity index is 852. The first-order valence-corrected chi connectivity index (χ1v) is 11.1. The molecule has 0 spiro atoms. The van der Waals surface area contributed by atoms with Gasteiger partial charge < -0.3 is 20.4 Å². The Kier molecular flexibility index (Phi) is 7.60. The van der Waals surface area contributed by atoms with Crippen molar-refractivity contribution in [3.8, 4) is 0 Å². The molecule has 0 bridgehead atoms. The Morgan fingerprint density at radius 3 is 2.59 bits per heavy atom. The molecule has 2 fully saturated rings. The number of nitrogens with zero attached hydrogens (tertiary/aromatic N) is 3. The molecule has 1 aromatic heterocycles. The maximum absolute atomic E-state index is 15.1. The minimum absolute atomic E-state index is 0.0433. The molecule has 2 amide bonds. The zero-order chi connectivity index (χ0) is 23.5. The second-order valence-corrected chi connectivity index (χ2v) is 9.59. The van der Waals surface area contributed by atoms with Gasteiger partial charge in [0.1, 0.15) is 0 Å². The fraction of sp³-hybridized carbons (Fsp3) is 0.700. The smallest absolute Gasteiger partial charge is 0.404 e. The van der Waals surface area contributed by atoms with E-state index in [-0.39, 0.29) is 30.0 Å². The minimum Gasteiger partial charge on any atom is -0.465 e. The van der Waals surface area contributed by atoms with Gasteiger partial charge in [-0.05, 0) is 23.9 Å². The van der Waals surface area contributed by atoms with Gasteiger partial charge in [0.25, 0.3) is 0 Å². The number of hydrazine groups is 1. The van der Waals surface area contributed by atoms with Crippen LogP contribution in [0.1, 0.15) is 46.0 Å². The maximum atomic E-state index is 15.1. The number of halogens is 2. The number of hydrogen-bond donors (Lipinski definition) is 5. The highest BCUT2D eigenvalue weighted by atomic mass is 35.5. The molecule has 178 valence electrons. The normalized spacial score (nSPS) is 21.4. The van der Waals surface area contributed by atoms with Crippen LogP contribution in [-0.2, 0) is 4.79 Å². The van der Waals surface area contributed by atoms with Crippen LogP contribution in [0, 0.1) is 23.1 Å². The highest BCUT2D eigenvalue weighted by Crippen LogP contribution is 2.35. The first-order chi connectivity index (χ1) is 15.1. The van der Waals surface area contributed by atoms with E-state index in [1.807, 2.05) is 13.8 Å². The van der Waals surface area contributed by atoms with E-state index < -0.39 is 35.3 Å². The van der Waals surface area contributed by atoms with Crippen LogP contribution >= 0.6 is 11.6 Å². The predicted molar refractivity (Wildman–Crippen MR) is 117 cm³/mol. The summed E-state index contributed by atoms with van der Waals surface area (Å²) in [6.45, 7) is 4.25. The summed E-state index contributed by atoms with van der Waals surface area (Å²) >= 11 is 5.98. The van der Waals surface area contributed by atoms with E-state index in [1.165, 1.54) is 0 Å². The van der Waals surface area contributed by atoms with Crippen LogP contribution in [0.25, 0.3) is 0 Å². The van der Waals surface area contributed by atoms with Crippen molar-refractivity contribution in [1.82, 2.24) is 20.7 Å². The SMILES string of the molecule is CC1(C)CN(c2nc(Cl)nc(NNC(=O)[C@@H](CNC(=O)O)CC3CCCC3)c2F)C[C@H]1O. The Labute approximate surface area is 190 Å². The van der Waals surface area contributed by atoms with Crippen LogP contribution in [0.2, 0.25) is 5.28 Å². The molecule has 10 nitrogen and oxygen atoms in total. The van der Waals surface area contributed by atoms with Crippen molar-refractivity contribution in [2.45, 2.75) is 52.1 Å². The first-order valence-electron chi connectivity index (χ1n) is 10.8. The molecule has 5 N–H and O–H groups in total. The Balaban J connectivity index is 1.69. The molecular formula is C20H30ClFN6O4. The molecule has 32 heavy (non-hydrogen) atoms. The molecule has 3 rings (SSSR count). The van der Waals surface area contributed by atoms with Gasteiger partial charge in [-0.1, -0.05) is 39.5 Å². The average Bonchev–Trinajstić information content (AvgIpc) is 3.32. The first kappa shape index (κ1) is 24.2. The van der Waals surface area contributed by atoms with E-state index in [0.717, 1.165) is 25.7 Å². The van der Waals surface area contributed by atoms with Crippen molar-refractivity contribution in [3.63, 3.8) is 0 Å². The van der Waals surface area contributed by atoms with Gasteiger partial charge in [-0.3, -0.25) is 15.6 Å². The predicted octanol–water partition coefficient (Wildman–Crippen LogP) is 2.38. The van der Waals surface area contributed by atoms with Crippen LogP contribution in [0.15, 0.2) is 0 Å². The third kappa shape index (κ3) is 5.89. The van der Waals surface area contributed by atoms with Gasteiger partial charge in [0.15, 0.2) is 11.6 Å². The second kappa shape index (κ2) is 10.0. The van der Waals surface area contributed by atoms with E-state index in [0.29, 0.717) is 18.9 Å². The molecule has 1 saturated heterocycles. The Hall–Kier alpha value is -2.40. The fourth-order valence-corrected chi connectivity index (χ4v) is 4.51. The summed E-state index contributed by atoms with van der Waals surface area (Å²) < 4.78 is 15.1. The van der Waals surface area contributed by atoms with Crippen molar-refractivity contribution >= 4 is 35.2 Å². The van der Waals surface area contributed by atoms with E-state index >= 15 is 4.39 Å². The highest BCUT2D eigenvalue weighted by molar-refractivity contribution is 6.28. The summed E-state index contributed by atoms with van der Waals surface area (Å²) in [5.74, 6) is -1.92. The zero-order valence-electron chi connectivity index (χ0n) is 18.2. The Morgan fingerprint density at radius 2 is 2.00 bits per heavy atom. The van der Waals surface area contributed by atoms with Gasteiger partial charge in [-0.15, -0.1) is 0 Å². The number of carbonyl (C=O) groups excluding carboxylic acids is 1. The molecule has 12 heteroatoms. The molecular weight excluding hydrogens is 443 g/mol. The van der Waals surface area contributed by atoms with Crippen molar-refractivity contribution in [2.75, 3.05) is 30.0 Å². The van der Waals surface area contributed by atoms with Crippen molar-refractivity contribution in [1.29, 1.82) is 0 Å². The average molecular weight is 473 g/mol. The van der Waals surface area contributed by atoms with E-state index in [2.05, 4.69) is 26.1 Å². The number of aliphatic hydroxyl groups is 1. The number of aromatic nitrogens is 2. The molecule has 0 radical (unpaired) electrons. The molecule has 1 aliphatic carbocycles. The number of anilines is 2. The van der Waals surface area contributed by atoms with Gasteiger partial charge in [0.05, 0.1) is 12.0 Å². The molecule has 2 heterocycles. The minimum atomic E-state index is -1.21. The van der Waals surface area contributed by atoms with E-state index in [9.17, 15) is 14.7 Å². The van der Waals surface area contributed by atoms with Gasteiger partial charge in [0.2, 0.25) is 17.0 Å². The molecule has 1 aliphatic heterocycles. The highest BCUT2D eigenvalue weighted by Gasteiger charge is 2.40. The standard InChI is InChI=1S/C20H30ClFN6O4/c1-20(2)10-28(9-13(20)29)16-14(22)15(24-18(21)25-16)26-27-17(30)12(8-23-19(31)32)7-11-5-3-4-6-11/h11-13,23,29H,3-10H2,1-2H3,(H,27,30)(H,31,32)(H,24,25,26)/t12-,13-/m1/s1. The lowest BCUT2D eigenvalue weighted by molar-refractivity contribution is -0.124. The number of nitrogens with one attached hydrogen (secondary N) is 3. The van der Waals surface area contributed by atoms with E-state index in [1.54, 1.807) is 4.90 Å². The summed E-state index contributed by atoms with van der Waals surface area (Å²) in [6, 6.07) is 0. The Morgan fingerprint density at radius 1 is 1.31 bits per heavy atom. The van der Waals surface area contributed by atoms with Crippen molar-refractivity contribution < 1.29 is 24.2 Å². The van der Waals surface area contributed by atoms with Crippen LogP contribution in [0.4, 0.5) is 20.8 Å². The quantitative estimate of drug-likeness (QED) is 0.287. The zero-order valence-corrected chi connectivity index (χ0v) is 19.0. The second-order valence-electron chi connectivity index (χ2n) is 9.25. The number of β-amino-alcohol motifs (C(OH)–C–C–N with tert-alkyl or cyclic N) is 1. The van der Waals surface area contributed by atoms with Gasteiger partial charge in [-0.25, -0.2) is 4.79 Å². The molecule has 2 aliphatic rings. The summed E-state index contributed by atoms with van der Waals surface area (Å²) in [6.07, 6.45) is 2.86. The molecule has 0 unspecified atom stereocenters. The van der Waals surface area contributed by atoms with Gasteiger partial charge in [0, 0.05) is 25.0 Å². The maximum Gasteiger partial charge on any atom is 0.404 e. The van der Waals surface area contributed by atoms with Crippen LogP contribution < -0.4 is 21.1 Å². The lowest BCUT2D eigenvalue weighted by Gasteiger charge is -2.23. The van der Waals surface area contributed by atoms with Crippen LogP contribution in [0.3, 0.4) is 0 Å². The number of aliphatic hydroxyl groups excluding tert-OH is 1. The number of rotatable bonds is 8. The topological polar surface area (TPSA) is 140 Å². The lowest BCUT2D eigenvalue weighted by atomic mass is 9.90. The third-order valence-electron chi connectivity index (χ3n) is 6.27.